The smallest absolute Gasteiger partial charge is 1.00 e. The molecule has 2 aliphatic rings. The molecule has 54 heteroatoms. The van der Waals surface area contributed by atoms with Gasteiger partial charge in [-0.15, -0.1) is 30.6 Å². The van der Waals surface area contributed by atoms with Gasteiger partial charge >= 0.3 is 97.1 Å². The minimum Gasteiger partial charge on any atom is -1.00 e. The van der Waals surface area contributed by atoms with E-state index in [1.807, 2.05) is 27.7 Å². The molecule has 26 nitrogen and oxygen atoms in total. The van der Waals surface area contributed by atoms with Crippen molar-refractivity contribution in [2.75, 3.05) is 13.2 Å². The molecule has 2 saturated heterocycles. The van der Waals surface area contributed by atoms with Crippen molar-refractivity contribution in [2.45, 2.75) is 224 Å². The zero-order chi connectivity index (χ0) is 90.1. The van der Waals surface area contributed by atoms with Gasteiger partial charge in [0.1, 0.15) is 5.15 Å². The Morgan fingerprint density at radius 1 is 0.477 bits per heavy atom. The molecule has 1 N–H and O–H groups in total. The summed E-state index contributed by atoms with van der Waals surface area (Å²) in [5.41, 5.74) is 1.10. The van der Waals surface area contributed by atoms with Crippen LogP contribution in [0.1, 0.15) is 155 Å². The van der Waals surface area contributed by atoms with Gasteiger partial charge in [0.25, 0.3) is 0 Å². The zero-order valence-electron chi connectivity index (χ0n) is 68.0. The molecule has 0 spiro atoms. The summed E-state index contributed by atoms with van der Waals surface area (Å²) in [4.78, 5) is 30.3. The first-order chi connectivity index (χ1) is 55.4. The summed E-state index contributed by atoms with van der Waals surface area (Å²) in [7, 11) is -0.605. The van der Waals surface area contributed by atoms with Crippen LogP contribution in [0.5, 0.6) is 23.5 Å². The third kappa shape index (κ3) is 41.5. The fourth-order valence-electron chi connectivity index (χ4n) is 8.17. The maximum atomic E-state index is 14.0. The maximum absolute atomic E-state index is 14.0. The average molecular weight is 2090 g/mol. The Morgan fingerprint density at radius 2 is 0.777 bits per heavy atom. The van der Waals surface area contributed by atoms with Crippen molar-refractivity contribution in [1.82, 2.24) is 83.7 Å². The predicted molar refractivity (Wildman–Crippen MR) is 459 cm³/mol. The van der Waals surface area contributed by atoms with Gasteiger partial charge in [0.05, 0.1) is 60.5 Å². The summed E-state index contributed by atoms with van der Waals surface area (Å²) in [6.07, 6.45) is -15.0. The summed E-state index contributed by atoms with van der Waals surface area (Å²) in [6.45, 7) is 18.9. The molecule has 0 aromatic carbocycles. The van der Waals surface area contributed by atoms with Gasteiger partial charge in [0, 0.05) is 99.4 Å². The molecule has 11 aromatic heterocycles. The van der Waals surface area contributed by atoms with Gasteiger partial charge < -0.3 is 45.7 Å². The van der Waals surface area contributed by atoms with E-state index in [0.29, 0.717) is 27.2 Å². The summed E-state index contributed by atoms with van der Waals surface area (Å²) >= 11 is 21.5. The van der Waals surface area contributed by atoms with Crippen LogP contribution in [-0.2, 0) is 35.7 Å². The van der Waals surface area contributed by atoms with Crippen LogP contribution in [0.25, 0.3) is 39.5 Å². The van der Waals surface area contributed by atoms with E-state index in [4.69, 9.17) is 68.2 Å². The Morgan fingerprint density at radius 3 is 1.05 bits per heavy atom. The number of hydrogen-bond acceptors (Lipinski definition) is 23. The summed E-state index contributed by atoms with van der Waals surface area (Å²) in [6, 6.07) is 14.0. The molecule has 0 radical (unpaired) electrons. The first-order valence-electron chi connectivity index (χ1n) is 34.2. The van der Waals surface area contributed by atoms with Gasteiger partial charge in [-0.3, -0.25) is 23.2 Å². The SMILES string of the molecule is C.C.C.C.C.C.C.CC(C)O.CCOC(F)(F)c1nnc2cnc(-c3ccc(O[C@H](C)C(F)(F)F)nc3)cn12.C[C@@H](Oc1ccc(-c2cn3c(C(F)(F)Cl)nnc3cn2)cn1)C(F)(F)F.C[C@@H](Oc1ccc(B2OC(C)(C)C(C)(C)O2)cn1)C(F)(F)F.C[C@@H](Oc1ccc(Br)cn1)C(F)(F)F.C[C@H]1CO1.FC(F)(Cl)c1nnc2cnc(Cl)cn12.Fc1ccc(Br)cn1.[AlH3].[H-].[H-].[Li+].[Na+]. The molecule has 11 aromatic rings. The van der Waals surface area contributed by atoms with E-state index >= 15 is 0 Å². The summed E-state index contributed by atoms with van der Waals surface area (Å²) in [5.74, 6) is -3.25. The minimum absolute atomic E-state index is 0. The number of fused-ring (bicyclic) bond motifs is 3. The van der Waals surface area contributed by atoms with E-state index in [1.165, 1.54) is 118 Å². The number of nitrogens with zero attached hydrogens (tertiary/aromatic N) is 17. The number of aliphatic hydroxyl groups excluding tert-OH is 1. The van der Waals surface area contributed by atoms with E-state index in [1.54, 1.807) is 32.0 Å². The van der Waals surface area contributed by atoms with Crippen LogP contribution in [0.15, 0.2) is 138 Å². The number of rotatable bonds is 16. The Labute approximate surface area is 818 Å². The van der Waals surface area contributed by atoms with Crippen molar-refractivity contribution < 1.29 is 178 Å². The normalized spacial score (nSPS) is 14.3. The molecule has 0 bridgehead atoms. The quantitative estimate of drug-likeness (QED) is 0.0309. The van der Waals surface area contributed by atoms with Gasteiger partial charge in [-0.05, 0) is 175 Å². The van der Waals surface area contributed by atoms with E-state index in [9.17, 15) is 83.4 Å². The van der Waals surface area contributed by atoms with Gasteiger partial charge in [-0.1, -0.05) is 69.7 Å². The van der Waals surface area contributed by atoms with Crippen LogP contribution >= 0.6 is 66.7 Å². The second-order valence-corrected chi connectivity index (χ2v) is 29.0. The van der Waals surface area contributed by atoms with Gasteiger partial charge in [0.15, 0.2) is 58.7 Å². The molecule has 0 amide bonds. The average Bonchev–Trinajstić information content (AvgIpc) is 1.63. The van der Waals surface area contributed by atoms with Gasteiger partial charge in [-0.25, -0.2) is 29.9 Å². The number of hydrogen-bond donors (Lipinski definition) is 1. The summed E-state index contributed by atoms with van der Waals surface area (Å²) < 4.78 is 285. The number of alkyl halides is 20. The van der Waals surface area contributed by atoms with Crippen molar-refractivity contribution in [2.24, 2.45) is 0 Å². The Kier molecular flexibility index (Phi) is 56.5. The number of epoxide rings is 1. The van der Waals surface area contributed by atoms with Gasteiger partial charge in [-0.2, -0.15) is 83.4 Å². The third-order valence-corrected chi connectivity index (χ3v) is 16.7. The van der Waals surface area contributed by atoms with Crippen LogP contribution in [0.2, 0.25) is 5.15 Å². The van der Waals surface area contributed by atoms with Crippen molar-refractivity contribution in [3.63, 3.8) is 0 Å². The molecule has 2 fully saturated rings. The fraction of sp³-hybridized carbons (Fsp3) is 0.474. The van der Waals surface area contributed by atoms with Crippen molar-refractivity contribution >= 4 is 114 Å². The first-order valence-corrected chi connectivity index (χ1v) is 36.9. The van der Waals surface area contributed by atoms with E-state index < -0.39 is 108 Å². The molecule has 13 heterocycles. The Balaban J connectivity index is -0.000000282. The Hall–Kier alpha value is -6.91. The molecular formula is C76H101AlBBr2Cl3F19LiN17NaO9. The third-order valence-electron chi connectivity index (χ3n) is 15.2. The minimum atomic E-state index is -4.52. The molecule has 13 rings (SSSR count). The van der Waals surface area contributed by atoms with E-state index in [0.717, 1.165) is 52.0 Å². The van der Waals surface area contributed by atoms with E-state index in [-0.39, 0.29) is 190 Å². The van der Waals surface area contributed by atoms with Crippen LogP contribution < -0.4 is 72.8 Å². The molecule has 5 atom stereocenters. The van der Waals surface area contributed by atoms with Crippen LogP contribution in [0, 0.1) is 5.95 Å². The van der Waals surface area contributed by atoms with Crippen LogP contribution in [-0.4, -0.2) is 199 Å². The monoisotopic (exact) mass is 2090 g/mol. The van der Waals surface area contributed by atoms with E-state index in [2.05, 4.69) is 119 Å². The fourth-order valence-corrected chi connectivity index (χ4v) is 9.04. The zero-order valence-corrected chi connectivity index (χ0v) is 73.4. The molecule has 0 saturated carbocycles. The number of ether oxygens (including phenoxy) is 6. The predicted octanol–water partition coefficient (Wildman–Crippen LogP) is 15.6. The number of aromatic nitrogens is 17. The molecule has 720 valence electrons. The topological polar surface area (TPSA) is 291 Å². The number of aliphatic hydroxyl groups is 1. The largest absolute Gasteiger partial charge is 1.00 e. The first kappa shape index (κ1) is 132. The van der Waals surface area contributed by atoms with Crippen molar-refractivity contribution in [3.05, 3.63) is 166 Å². The second kappa shape index (κ2) is 55.8. The standard InChI is InChI=1S/C16H14F5N5O2.C14H19BF3NO3.C14H9ClF5N5O.C8H7BrF3NO.C6H2Cl2F2N4.C5H3BrFN.C3H6O.C3H8O.7CH4.Al.Li.Na.5H/c1-3-27-16(20,21)14-25-24-12-7-22-11(8-26(12)14)10-4-5-13(23-6-10)28-9(2)15(17,18)19;1-9(14(16,17)18)20-11-7-6-10(8-19-11)15-21-12(2,3)13(4,5)22-15;1-7(14(18,19)20)26-11-3-2-8(4-22-11)9-6-25-10(5-21-9)23-24-12(25)13(15,16)17;1-5(8(10,11)12)14-7-3-2-6(9)4-13-7;7-3-2-14-4(1-11-3)12-13-5(14)6(8,9)10;6-4-1-2-5(7)8-3-4;1-3-2-4-3;1-3(2)4;;;;;;;;;;;;;;;/h4-9H,3H2,1-2H3;6-9H,1-5H3;2-7H,1H3;2-5H,1H3;1-2H;1-3H;3H,2H2,1H3;3-4H,1-2H3;7*1H4;;;;;;;;/q;;;;;;;;;;;;;;;;2*+1;;;;2*-1/t2*9-;7-;5-;;;3-;;;;;;;;;;;;;;;;/m1111..0................/s1. The number of halogens is 24. The Bertz CT molecular complexity index is 5030. The molecule has 130 heavy (non-hydrogen) atoms. The van der Waals surface area contributed by atoms with Crippen molar-refractivity contribution in [1.29, 1.82) is 0 Å². The molecule has 0 unspecified atom stereocenters. The van der Waals surface area contributed by atoms with Crippen LogP contribution in [0.4, 0.5) is 83.4 Å². The van der Waals surface area contributed by atoms with Crippen molar-refractivity contribution in [3.8, 4) is 46.0 Å². The molecule has 2 aliphatic heterocycles. The molecular weight excluding hydrogens is 1990 g/mol. The number of pyridine rings is 5. The second-order valence-electron chi connectivity index (χ2n) is 25.8. The molecule has 0 aliphatic carbocycles. The maximum Gasteiger partial charge on any atom is 1.00 e. The van der Waals surface area contributed by atoms with Gasteiger partial charge in [0.2, 0.25) is 46.9 Å². The summed E-state index contributed by atoms with van der Waals surface area (Å²) in [5, 5.41) is 21.4. The van der Waals surface area contributed by atoms with Crippen LogP contribution in [0.3, 0.4) is 0 Å².